The van der Waals surface area contributed by atoms with Crippen LogP contribution in [0.2, 0.25) is 5.02 Å². The molecule has 1 fully saturated rings. The number of ether oxygens (including phenoxy) is 2. The monoisotopic (exact) mass is 505 g/mol. The van der Waals surface area contributed by atoms with Crippen LogP contribution in [0.15, 0.2) is 41.3 Å². The molecule has 1 saturated heterocycles. The van der Waals surface area contributed by atoms with Crippen molar-refractivity contribution in [2.45, 2.75) is 11.1 Å². The fourth-order valence-corrected chi connectivity index (χ4v) is 5.21. The lowest BCUT2D eigenvalue weighted by Crippen LogP contribution is -2.50. The quantitative estimate of drug-likeness (QED) is 0.672. The molecule has 33 heavy (non-hydrogen) atoms. The van der Waals surface area contributed by atoms with Crippen LogP contribution in [0.25, 0.3) is 0 Å². The Labute approximate surface area is 192 Å². The summed E-state index contributed by atoms with van der Waals surface area (Å²) in [5, 5.41) is 2.18. The first-order valence-electron chi connectivity index (χ1n) is 9.83. The lowest BCUT2D eigenvalue weighted by Gasteiger charge is -2.33. The van der Waals surface area contributed by atoms with Gasteiger partial charge in [0.15, 0.2) is 11.5 Å². The molecule has 2 aromatic carbocycles. The number of piperazine rings is 1. The van der Waals surface area contributed by atoms with Crippen molar-refractivity contribution in [2.75, 3.05) is 44.8 Å². The van der Waals surface area contributed by atoms with E-state index in [2.05, 4.69) is 5.32 Å². The van der Waals surface area contributed by atoms with E-state index in [1.54, 1.807) is 23.1 Å². The maximum absolute atomic E-state index is 13.1. The van der Waals surface area contributed by atoms with Crippen LogP contribution in [-0.2, 0) is 21.0 Å². The van der Waals surface area contributed by atoms with Gasteiger partial charge in [-0.1, -0.05) is 11.6 Å². The van der Waals surface area contributed by atoms with Crippen molar-refractivity contribution in [2.24, 2.45) is 0 Å². The summed E-state index contributed by atoms with van der Waals surface area (Å²) in [6.07, 6.45) is -4.77. The van der Waals surface area contributed by atoms with Gasteiger partial charge < -0.3 is 14.8 Å². The van der Waals surface area contributed by atoms with Gasteiger partial charge in [0.1, 0.15) is 0 Å². The minimum atomic E-state index is -4.77. The van der Waals surface area contributed by atoms with Crippen molar-refractivity contribution in [3.05, 3.63) is 47.0 Å². The van der Waals surface area contributed by atoms with Crippen LogP contribution in [-0.4, -0.2) is 63.0 Å². The highest BCUT2D eigenvalue weighted by Crippen LogP contribution is 2.37. The van der Waals surface area contributed by atoms with Gasteiger partial charge in [-0.05, 0) is 30.3 Å². The number of nitrogens with one attached hydrogen (secondary N) is 1. The molecular weight excluding hydrogens is 487 g/mol. The van der Waals surface area contributed by atoms with Gasteiger partial charge in [0, 0.05) is 37.9 Å². The molecule has 2 heterocycles. The van der Waals surface area contributed by atoms with E-state index in [0.717, 1.165) is 16.4 Å². The summed E-state index contributed by atoms with van der Waals surface area (Å²) in [4.78, 5) is 13.7. The highest BCUT2D eigenvalue weighted by atomic mass is 35.5. The number of anilines is 1. The average Bonchev–Trinajstić information content (AvgIpc) is 3.21. The zero-order chi connectivity index (χ0) is 23.8. The summed E-state index contributed by atoms with van der Waals surface area (Å²) < 4.78 is 76.6. The number of amides is 1. The molecule has 0 spiro atoms. The predicted octanol–water partition coefficient (Wildman–Crippen LogP) is 3.03. The van der Waals surface area contributed by atoms with Gasteiger partial charge in [-0.3, -0.25) is 9.69 Å². The molecule has 13 heteroatoms. The number of carbonyl (C=O) groups is 1. The van der Waals surface area contributed by atoms with E-state index in [-0.39, 0.29) is 45.4 Å². The molecular formula is C20H19ClF3N3O5S. The number of alkyl halides is 3. The van der Waals surface area contributed by atoms with Crippen molar-refractivity contribution in [1.29, 1.82) is 0 Å². The summed E-state index contributed by atoms with van der Waals surface area (Å²) in [5.41, 5.74) is -0.669. The molecule has 0 atom stereocenters. The number of sulfonamides is 1. The predicted molar refractivity (Wildman–Crippen MR) is 113 cm³/mol. The second-order valence-corrected chi connectivity index (χ2v) is 9.78. The average molecular weight is 506 g/mol. The topological polar surface area (TPSA) is 88.2 Å². The second-order valence-electron chi connectivity index (χ2n) is 7.44. The molecule has 0 unspecified atom stereocenters. The van der Waals surface area contributed by atoms with Gasteiger partial charge in [0.2, 0.25) is 22.7 Å². The Bertz CT molecular complexity index is 1170. The van der Waals surface area contributed by atoms with Crippen LogP contribution in [0.5, 0.6) is 11.5 Å². The molecule has 0 aromatic heterocycles. The first kappa shape index (κ1) is 23.6. The smallest absolute Gasteiger partial charge is 0.417 e. The Kier molecular flexibility index (Phi) is 6.45. The molecule has 4 rings (SSSR count). The second kappa shape index (κ2) is 9.01. The number of nitrogens with zero attached hydrogens (tertiary/aromatic N) is 2. The molecule has 8 nitrogen and oxygen atoms in total. The van der Waals surface area contributed by atoms with Gasteiger partial charge in [-0.2, -0.15) is 17.5 Å². The normalized spacial score (nSPS) is 17.2. The Hall–Kier alpha value is -2.54. The Morgan fingerprint density at radius 2 is 1.73 bits per heavy atom. The van der Waals surface area contributed by atoms with E-state index in [1.807, 2.05) is 0 Å². The van der Waals surface area contributed by atoms with E-state index >= 15 is 0 Å². The fourth-order valence-electron chi connectivity index (χ4n) is 3.54. The van der Waals surface area contributed by atoms with Crippen molar-refractivity contribution in [3.8, 4) is 11.5 Å². The third-order valence-electron chi connectivity index (χ3n) is 5.24. The lowest BCUT2D eigenvalue weighted by molar-refractivity contribution is -0.137. The molecule has 178 valence electrons. The number of hydrogen-bond acceptors (Lipinski definition) is 6. The van der Waals surface area contributed by atoms with Gasteiger partial charge in [-0.15, -0.1) is 0 Å². The molecule has 1 N–H and O–H groups in total. The van der Waals surface area contributed by atoms with E-state index in [0.29, 0.717) is 23.3 Å². The van der Waals surface area contributed by atoms with Gasteiger partial charge >= 0.3 is 6.18 Å². The van der Waals surface area contributed by atoms with E-state index in [4.69, 9.17) is 21.1 Å². The SMILES string of the molecule is O=C(CN1CCN(S(=O)(=O)c2ccc(Cl)c(C(F)(F)F)c2)CC1)Nc1ccc2c(c1)OCO2. The molecule has 0 aliphatic carbocycles. The number of hydrogen-bond donors (Lipinski definition) is 1. The minimum Gasteiger partial charge on any atom is -0.454 e. The third-order valence-corrected chi connectivity index (χ3v) is 7.46. The Morgan fingerprint density at radius 3 is 2.42 bits per heavy atom. The molecule has 0 radical (unpaired) electrons. The first-order chi connectivity index (χ1) is 15.5. The summed E-state index contributed by atoms with van der Waals surface area (Å²) in [7, 11) is -4.15. The standard InChI is InChI=1S/C20H19ClF3N3O5S/c21-16-3-2-14(10-15(16)20(22,23)24)33(29,30)27-7-5-26(6-8-27)11-19(28)25-13-1-4-17-18(9-13)32-12-31-17/h1-4,9-10H,5-8,11-12H2,(H,25,28). The maximum atomic E-state index is 13.1. The number of carbonyl (C=O) groups excluding carboxylic acids is 1. The van der Waals surface area contributed by atoms with Crippen LogP contribution < -0.4 is 14.8 Å². The lowest BCUT2D eigenvalue weighted by atomic mass is 10.2. The van der Waals surface area contributed by atoms with Crippen LogP contribution in [0.1, 0.15) is 5.56 Å². The molecule has 0 bridgehead atoms. The Morgan fingerprint density at radius 1 is 1.03 bits per heavy atom. The number of benzene rings is 2. The van der Waals surface area contributed by atoms with Crippen LogP contribution in [0, 0.1) is 0 Å². The number of fused-ring (bicyclic) bond motifs is 1. The summed E-state index contributed by atoms with van der Waals surface area (Å²) in [5.74, 6) is 0.827. The molecule has 2 aromatic rings. The maximum Gasteiger partial charge on any atom is 0.417 e. The van der Waals surface area contributed by atoms with Crippen LogP contribution in [0.4, 0.5) is 18.9 Å². The zero-order valence-electron chi connectivity index (χ0n) is 17.1. The van der Waals surface area contributed by atoms with Gasteiger partial charge in [0.05, 0.1) is 22.0 Å². The minimum absolute atomic E-state index is 0.0293. The van der Waals surface area contributed by atoms with Crippen molar-refractivity contribution >= 4 is 33.2 Å². The van der Waals surface area contributed by atoms with E-state index < -0.39 is 31.7 Å². The first-order valence-corrected chi connectivity index (χ1v) is 11.6. The third kappa shape index (κ3) is 5.18. The molecule has 2 aliphatic heterocycles. The number of halogens is 4. The van der Waals surface area contributed by atoms with Crippen LogP contribution >= 0.6 is 11.6 Å². The van der Waals surface area contributed by atoms with E-state index in [1.165, 1.54) is 0 Å². The molecule has 2 aliphatic rings. The van der Waals surface area contributed by atoms with Gasteiger partial charge in [0.25, 0.3) is 0 Å². The highest BCUT2D eigenvalue weighted by molar-refractivity contribution is 7.89. The van der Waals surface area contributed by atoms with Crippen molar-refractivity contribution in [3.63, 3.8) is 0 Å². The van der Waals surface area contributed by atoms with E-state index in [9.17, 15) is 26.4 Å². The van der Waals surface area contributed by atoms with Crippen molar-refractivity contribution < 1.29 is 35.9 Å². The summed E-state index contributed by atoms with van der Waals surface area (Å²) in [6, 6.07) is 7.53. The van der Waals surface area contributed by atoms with Gasteiger partial charge in [-0.25, -0.2) is 8.42 Å². The fraction of sp³-hybridized carbons (Fsp3) is 0.350. The molecule has 0 saturated carbocycles. The largest absolute Gasteiger partial charge is 0.454 e. The Balaban J connectivity index is 1.35. The number of rotatable bonds is 5. The highest BCUT2D eigenvalue weighted by Gasteiger charge is 2.36. The summed E-state index contributed by atoms with van der Waals surface area (Å²) in [6.45, 7) is 0.698. The summed E-state index contributed by atoms with van der Waals surface area (Å²) >= 11 is 5.58. The molecule has 1 amide bonds. The zero-order valence-corrected chi connectivity index (χ0v) is 18.6. The van der Waals surface area contributed by atoms with Crippen LogP contribution in [0.3, 0.4) is 0 Å². The van der Waals surface area contributed by atoms with Crippen molar-refractivity contribution in [1.82, 2.24) is 9.21 Å².